The van der Waals surface area contributed by atoms with Crippen LogP contribution >= 0.6 is 0 Å². The number of ether oxygens (including phenoxy) is 5. The van der Waals surface area contributed by atoms with E-state index in [1.165, 1.54) is 7.11 Å². The molecule has 226 valence electrons. The van der Waals surface area contributed by atoms with Gasteiger partial charge in [-0.15, -0.1) is 0 Å². The van der Waals surface area contributed by atoms with Crippen molar-refractivity contribution in [2.45, 2.75) is 93.7 Å². The monoisotopic (exact) mass is 565 g/mol. The maximum absolute atomic E-state index is 12.9. The zero-order chi connectivity index (χ0) is 30.7. The summed E-state index contributed by atoms with van der Waals surface area (Å²) in [6, 6.07) is 4.01. The summed E-state index contributed by atoms with van der Waals surface area (Å²) in [5, 5.41) is 3.06. The molecule has 0 radical (unpaired) electrons. The molecule has 10 nitrogen and oxygen atoms in total. The molecule has 0 saturated heterocycles. The molecule has 2 atom stereocenters. The van der Waals surface area contributed by atoms with Crippen molar-refractivity contribution in [2.75, 3.05) is 20.3 Å². The van der Waals surface area contributed by atoms with Gasteiger partial charge in [-0.3, -0.25) is 14.4 Å². The number of methoxy groups -OCH3 is 1. The summed E-state index contributed by atoms with van der Waals surface area (Å²) >= 11 is 0. The minimum absolute atomic E-state index is 0.0810. The smallest absolute Gasteiger partial charge is 0.468 e. The third-order valence-electron chi connectivity index (χ3n) is 6.70. The maximum atomic E-state index is 12.9. The number of rotatable bonds is 15. The SMILES string of the molecule is CCC(C)(C)C(=O)Oc1ccc(C[C@H](NCC(C)OC(=O)OCC(C)C)C(=O)OC)cc1OC(=O)C(C)(C)CC. The van der Waals surface area contributed by atoms with E-state index in [1.54, 1.807) is 52.8 Å². The molecule has 0 bridgehead atoms. The Hall–Kier alpha value is -3.14. The van der Waals surface area contributed by atoms with Crippen LogP contribution in [0.3, 0.4) is 0 Å². The fourth-order valence-electron chi connectivity index (χ4n) is 3.01. The number of hydrogen-bond donors (Lipinski definition) is 1. The van der Waals surface area contributed by atoms with Gasteiger partial charge in [-0.1, -0.05) is 33.8 Å². The standard InChI is InChI=1S/C30H47NO9/c1-11-29(6,7)26(33)39-23-14-13-21(16-24(23)40-27(34)30(8,9)12-2)15-22(25(32)36-10)31-17-20(5)38-28(35)37-18-19(3)4/h13-14,16,19-20,22,31H,11-12,15,17-18H2,1-10H3/t20?,22-/m0/s1. The third-order valence-corrected chi connectivity index (χ3v) is 6.70. The molecular formula is C30H47NO9. The van der Waals surface area contributed by atoms with E-state index in [1.807, 2.05) is 27.7 Å². The molecule has 0 saturated carbocycles. The molecule has 1 aromatic rings. The van der Waals surface area contributed by atoms with Crippen LogP contribution < -0.4 is 14.8 Å². The Morgan fingerprint density at radius 2 is 1.43 bits per heavy atom. The highest BCUT2D eigenvalue weighted by Gasteiger charge is 2.32. The molecule has 40 heavy (non-hydrogen) atoms. The first-order chi connectivity index (χ1) is 18.6. The topological polar surface area (TPSA) is 126 Å². The number of nitrogens with one attached hydrogen (secondary N) is 1. The lowest BCUT2D eigenvalue weighted by Crippen LogP contribution is -2.43. The second-order valence-corrected chi connectivity index (χ2v) is 11.6. The summed E-state index contributed by atoms with van der Waals surface area (Å²) in [5.74, 6) is -1.09. The average Bonchev–Trinajstić information content (AvgIpc) is 2.90. The largest absolute Gasteiger partial charge is 0.508 e. The third kappa shape index (κ3) is 11.2. The molecule has 0 amide bonds. The molecule has 1 aromatic carbocycles. The van der Waals surface area contributed by atoms with E-state index in [9.17, 15) is 19.2 Å². The number of carbonyl (C=O) groups excluding carboxylic acids is 4. The van der Waals surface area contributed by atoms with Crippen molar-refractivity contribution in [2.24, 2.45) is 16.7 Å². The van der Waals surface area contributed by atoms with E-state index in [2.05, 4.69) is 5.32 Å². The van der Waals surface area contributed by atoms with E-state index in [4.69, 9.17) is 23.7 Å². The summed E-state index contributed by atoms with van der Waals surface area (Å²) in [7, 11) is 1.28. The van der Waals surface area contributed by atoms with Gasteiger partial charge in [0.05, 0.1) is 24.5 Å². The van der Waals surface area contributed by atoms with Gasteiger partial charge >= 0.3 is 24.1 Å². The van der Waals surface area contributed by atoms with Gasteiger partial charge in [-0.2, -0.15) is 0 Å². The molecule has 0 spiro atoms. The van der Waals surface area contributed by atoms with Crippen LogP contribution in [0.15, 0.2) is 18.2 Å². The Bertz CT molecular complexity index is 1020. The van der Waals surface area contributed by atoms with Gasteiger partial charge in [0, 0.05) is 6.54 Å². The first-order valence-corrected chi connectivity index (χ1v) is 13.8. The minimum atomic E-state index is -0.800. The lowest BCUT2D eigenvalue weighted by molar-refractivity contribution is -0.147. The van der Waals surface area contributed by atoms with Crippen molar-refractivity contribution < 1.29 is 42.9 Å². The van der Waals surface area contributed by atoms with Gasteiger partial charge < -0.3 is 29.0 Å². The summed E-state index contributed by atoms with van der Waals surface area (Å²) in [6.45, 7) is 16.8. The minimum Gasteiger partial charge on any atom is -0.468 e. The highest BCUT2D eigenvalue weighted by molar-refractivity contribution is 5.81. The van der Waals surface area contributed by atoms with Crippen molar-refractivity contribution in [3.8, 4) is 11.5 Å². The maximum Gasteiger partial charge on any atom is 0.508 e. The Labute approximate surface area is 238 Å². The second kappa shape index (κ2) is 15.6. The van der Waals surface area contributed by atoms with Crippen LogP contribution in [0.25, 0.3) is 0 Å². The van der Waals surface area contributed by atoms with E-state index < -0.39 is 47.0 Å². The molecule has 0 aliphatic heterocycles. The molecule has 1 rings (SSSR count). The number of hydrogen-bond acceptors (Lipinski definition) is 10. The van der Waals surface area contributed by atoms with Gasteiger partial charge in [0.25, 0.3) is 0 Å². The molecule has 10 heteroatoms. The molecule has 0 aliphatic carbocycles. The Balaban J connectivity index is 3.15. The molecule has 0 aliphatic rings. The summed E-state index contributed by atoms with van der Waals surface area (Å²) < 4.78 is 26.6. The van der Waals surface area contributed by atoms with E-state index >= 15 is 0 Å². The average molecular weight is 566 g/mol. The van der Waals surface area contributed by atoms with Crippen LogP contribution in [-0.4, -0.2) is 56.5 Å². The summed E-state index contributed by atoms with van der Waals surface area (Å²) in [4.78, 5) is 50.1. The van der Waals surface area contributed by atoms with Crippen molar-refractivity contribution in [3.63, 3.8) is 0 Å². The molecule has 1 N–H and O–H groups in total. The van der Waals surface area contributed by atoms with Crippen molar-refractivity contribution in [1.82, 2.24) is 5.32 Å². The Morgan fingerprint density at radius 3 is 1.93 bits per heavy atom. The second-order valence-electron chi connectivity index (χ2n) is 11.6. The fourth-order valence-corrected chi connectivity index (χ4v) is 3.01. The highest BCUT2D eigenvalue weighted by Crippen LogP contribution is 2.34. The van der Waals surface area contributed by atoms with Crippen LogP contribution in [0.5, 0.6) is 11.5 Å². The van der Waals surface area contributed by atoms with Crippen LogP contribution in [0.4, 0.5) is 4.79 Å². The normalized spacial score (nSPS) is 13.3. The lowest BCUT2D eigenvalue weighted by Gasteiger charge is -2.24. The van der Waals surface area contributed by atoms with Gasteiger partial charge in [0.2, 0.25) is 0 Å². The molecule has 0 heterocycles. The van der Waals surface area contributed by atoms with Crippen molar-refractivity contribution in [3.05, 3.63) is 23.8 Å². The molecular weight excluding hydrogens is 518 g/mol. The first-order valence-electron chi connectivity index (χ1n) is 13.8. The van der Waals surface area contributed by atoms with Crippen LogP contribution in [0.2, 0.25) is 0 Å². The van der Waals surface area contributed by atoms with Crippen LogP contribution in [-0.2, 0) is 35.0 Å². The quantitative estimate of drug-likeness (QED) is 0.223. The van der Waals surface area contributed by atoms with Crippen LogP contribution in [0.1, 0.15) is 80.7 Å². The molecule has 1 unspecified atom stereocenters. The van der Waals surface area contributed by atoms with E-state index in [0.717, 1.165) is 0 Å². The van der Waals surface area contributed by atoms with Crippen molar-refractivity contribution in [1.29, 1.82) is 0 Å². The highest BCUT2D eigenvalue weighted by atomic mass is 16.7. The van der Waals surface area contributed by atoms with Gasteiger partial charge in [0.15, 0.2) is 11.5 Å². The van der Waals surface area contributed by atoms with E-state index in [-0.39, 0.29) is 37.0 Å². The summed E-state index contributed by atoms with van der Waals surface area (Å²) in [5.41, 5.74) is -0.870. The van der Waals surface area contributed by atoms with Gasteiger partial charge in [0.1, 0.15) is 12.1 Å². The molecule has 0 fully saturated rings. The lowest BCUT2D eigenvalue weighted by atomic mass is 9.90. The Kier molecular flexibility index (Phi) is 13.6. The predicted molar refractivity (Wildman–Crippen MR) is 150 cm³/mol. The number of esters is 3. The van der Waals surface area contributed by atoms with Gasteiger partial charge in [-0.05, 0) is 77.5 Å². The molecule has 0 aromatic heterocycles. The fraction of sp³-hybridized carbons (Fsp3) is 0.667. The predicted octanol–water partition coefficient (Wildman–Crippen LogP) is 5.24. The Morgan fingerprint density at radius 1 is 0.875 bits per heavy atom. The number of benzene rings is 1. The number of carbonyl (C=O) groups is 4. The zero-order valence-corrected chi connectivity index (χ0v) is 25.7. The van der Waals surface area contributed by atoms with Gasteiger partial charge in [-0.25, -0.2) is 4.79 Å². The summed E-state index contributed by atoms with van der Waals surface area (Å²) in [6.07, 6.45) is -0.0957. The van der Waals surface area contributed by atoms with Crippen molar-refractivity contribution >= 4 is 24.1 Å². The van der Waals surface area contributed by atoms with E-state index in [0.29, 0.717) is 18.4 Å². The van der Waals surface area contributed by atoms with Crippen LogP contribution in [0, 0.1) is 16.7 Å². The first kappa shape index (κ1) is 34.9. The zero-order valence-electron chi connectivity index (χ0n) is 25.7.